The average Bonchev–Trinajstić information content (AvgIpc) is 2.94. The lowest BCUT2D eigenvalue weighted by Crippen LogP contribution is -2.13. The van der Waals surface area contributed by atoms with Crippen molar-refractivity contribution in [3.8, 4) is 17.2 Å². The van der Waals surface area contributed by atoms with E-state index in [-0.39, 0.29) is 5.82 Å². The van der Waals surface area contributed by atoms with E-state index in [2.05, 4.69) is 24.1 Å². The zero-order valence-corrected chi connectivity index (χ0v) is 12.0. The molecule has 1 saturated heterocycles. The van der Waals surface area contributed by atoms with E-state index < -0.39 is 0 Å². The summed E-state index contributed by atoms with van der Waals surface area (Å²) in [5, 5.41) is 9.33. The summed E-state index contributed by atoms with van der Waals surface area (Å²) in [6.07, 6.45) is 1.08. The van der Waals surface area contributed by atoms with Gasteiger partial charge in [-0.15, -0.1) is 0 Å². The van der Waals surface area contributed by atoms with Gasteiger partial charge in [-0.3, -0.25) is 0 Å². The fourth-order valence-electron chi connectivity index (χ4n) is 3.01. The van der Waals surface area contributed by atoms with Crippen LogP contribution in [-0.4, -0.2) is 25.0 Å². The molecule has 0 bridgehead atoms. The molecule has 2 aromatic rings. The van der Waals surface area contributed by atoms with Gasteiger partial charge in [-0.05, 0) is 66.9 Å². The Morgan fingerprint density at radius 1 is 1.14 bits per heavy atom. The smallest absolute Gasteiger partial charge is 0.123 e. The Kier molecular flexibility index (Phi) is 3.72. The van der Waals surface area contributed by atoms with Crippen molar-refractivity contribution < 1.29 is 4.39 Å². The molecule has 3 heteroatoms. The minimum absolute atomic E-state index is 0.231. The molecule has 106 valence electrons. The van der Waals surface area contributed by atoms with E-state index in [0.29, 0.717) is 5.92 Å². The third-order valence-electron chi connectivity index (χ3n) is 4.18. The molecule has 0 aliphatic carbocycles. The largest absolute Gasteiger partial charge is 0.306 e. The first-order valence-electron chi connectivity index (χ1n) is 7.16. The Hall–Kier alpha value is -2.18. The predicted molar refractivity (Wildman–Crippen MR) is 81.4 cm³/mol. The molecule has 2 nitrogen and oxygen atoms in total. The lowest BCUT2D eigenvalue weighted by molar-refractivity contribution is 0.411. The van der Waals surface area contributed by atoms with Gasteiger partial charge in [-0.25, -0.2) is 4.39 Å². The summed E-state index contributed by atoms with van der Waals surface area (Å²) in [4.78, 5) is 2.29. The number of rotatable bonds is 2. The quantitative estimate of drug-likeness (QED) is 0.837. The van der Waals surface area contributed by atoms with Crippen molar-refractivity contribution in [1.29, 1.82) is 5.26 Å². The number of likely N-dealkylation sites (tertiary alicyclic amines) is 1. The zero-order chi connectivity index (χ0) is 14.8. The van der Waals surface area contributed by atoms with Crippen LogP contribution in [0, 0.1) is 17.1 Å². The number of hydrogen-bond donors (Lipinski definition) is 0. The Morgan fingerprint density at radius 3 is 2.48 bits per heavy atom. The van der Waals surface area contributed by atoms with E-state index in [1.54, 1.807) is 12.1 Å². The Balaban J connectivity index is 2.01. The molecule has 1 unspecified atom stereocenters. The fraction of sp³-hybridized carbons (Fsp3) is 0.278. The number of benzene rings is 2. The van der Waals surface area contributed by atoms with E-state index in [4.69, 9.17) is 0 Å². The van der Waals surface area contributed by atoms with Gasteiger partial charge >= 0.3 is 0 Å². The molecule has 0 saturated carbocycles. The van der Waals surface area contributed by atoms with Crippen molar-refractivity contribution in [3.63, 3.8) is 0 Å². The second-order valence-electron chi connectivity index (χ2n) is 5.67. The molecular formula is C18H17FN2. The second kappa shape index (κ2) is 5.67. The average molecular weight is 280 g/mol. The van der Waals surface area contributed by atoms with Crippen LogP contribution in [0.4, 0.5) is 4.39 Å². The van der Waals surface area contributed by atoms with Crippen LogP contribution in [0.25, 0.3) is 11.1 Å². The van der Waals surface area contributed by atoms with Crippen molar-refractivity contribution in [3.05, 3.63) is 59.4 Å². The van der Waals surface area contributed by atoms with E-state index in [9.17, 15) is 9.65 Å². The highest BCUT2D eigenvalue weighted by molar-refractivity contribution is 5.66. The van der Waals surface area contributed by atoms with Crippen LogP contribution < -0.4 is 0 Å². The van der Waals surface area contributed by atoms with Crippen LogP contribution >= 0.6 is 0 Å². The molecule has 1 aliphatic heterocycles. The Bertz CT molecular complexity index is 685. The van der Waals surface area contributed by atoms with Crippen molar-refractivity contribution in [2.75, 3.05) is 20.1 Å². The molecule has 0 aromatic heterocycles. The number of nitrogens with zero attached hydrogens (tertiary/aromatic N) is 2. The van der Waals surface area contributed by atoms with Crippen molar-refractivity contribution in [2.24, 2.45) is 0 Å². The summed E-state index contributed by atoms with van der Waals surface area (Å²) in [7, 11) is 2.11. The minimum atomic E-state index is -0.231. The van der Waals surface area contributed by atoms with E-state index >= 15 is 0 Å². The highest BCUT2D eigenvalue weighted by atomic mass is 19.1. The second-order valence-corrected chi connectivity index (χ2v) is 5.67. The highest BCUT2D eigenvalue weighted by Gasteiger charge is 2.23. The van der Waals surface area contributed by atoms with Gasteiger partial charge < -0.3 is 4.90 Å². The lowest BCUT2D eigenvalue weighted by atomic mass is 9.90. The normalized spacial score (nSPS) is 18.6. The van der Waals surface area contributed by atoms with Gasteiger partial charge in [0.15, 0.2) is 0 Å². The van der Waals surface area contributed by atoms with Crippen LogP contribution in [-0.2, 0) is 0 Å². The molecule has 0 spiro atoms. The first-order chi connectivity index (χ1) is 10.2. The minimum Gasteiger partial charge on any atom is -0.306 e. The first-order valence-corrected chi connectivity index (χ1v) is 7.16. The molecule has 0 amide bonds. The van der Waals surface area contributed by atoms with Crippen LogP contribution in [0.3, 0.4) is 0 Å². The molecule has 2 aromatic carbocycles. The number of hydrogen-bond acceptors (Lipinski definition) is 2. The van der Waals surface area contributed by atoms with E-state index in [1.165, 1.54) is 12.1 Å². The number of nitriles is 1. The fourth-order valence-corrected chi connectivity index (χ4v) is 3.01. The molecule has 21 heavy (non-hydrogen) atoms. The maximum absolute atomic E-state index is 13.0. The summed E-state index contributed by atoms with van der Waals surface area (Å²) in [5.41, 5.74) is 3.89. The predicted octanol–water partition coefficient (Wildman–Crippen LogP) is 3.78. The molecular weight excluding hydrogens is 263 g/mol. The number of halogens is 1. The standard InChI is InChI=1S/C18H17FN2/c1-21-9-8-16(12-21)18-10-14(2-3-15(18)11-20)13-4-6-17(19)7-5-13/h2-7,10,16H,8-9,12H2,1H3. The van der Waals surface area contributed by atoms with E-state index in [1.807, 2.05) is 12.1 Å². The molecule has 0 radical (unpaired) electrons. The first kappa shape index (κ1) is 13.8. The summed E-state index contributed by atoms with van der Waals surface area (Å²) in [6.45, 7) is 2.05. The molecule has 1 heterocycles. The van der Waals surface area contributed by atoms with Gasteiger partial charge in [0.25, 0.3) is 0 Å². The SMILES string of the molecule is CN1CCC(c2cc(-c3ccc(F)cc3)ccc2C#N)C1. The van der Waals surface area contributed by atoms with Gasteiger partial charge in [0.2, 0.25) is 0 Å². The third kappa shape index (κ3) is 2.81. The summed E-state index contributed by atoms with van der Waals surface area (Å²) in [5.74, 6) is 0.176. The third-order valence-corrected chi connectivity index (χ3v) is 4.18. The van der Waals surface area contributed by atoms with Gasteiger partial charge in [-0.2, -0.15) is 5.26 Å². The van der Waals surface area contributed by atoms with Gasteiger partial charge in [0.1, 0.15) is 5.82 Å². The highest BCUT2D eigenvalue weighted by Crippen LogP contribution is 2.32. The molecule has 1 fully saturated rings. The van der Waals surface area contributed by atoms with Crippen LogP contribution in [0.2, 0.25) is 0 Å². The maximum atomic E-state index is 13.0. The molecule has 0 N–H and O–H groups in total. The van der Waals surface area contributed by atoms with Gasteiger partial charge in [0, 0.05) is 6.54 Å². The monoisotopic (exact) mass is 280 g/mol. The zero-order valence-electron chi connectivity index (χ0n) is 12.0. The summed E-state index contributed by atoms with van der Waals surface area (Å²) < 4.78 is 13.0. The van der Waals surface area contributed by atoms with Gasteiger partial charge in [0.05, 0.1) is 11.6 Å². The van der Waals surface area contributed by atoms with Crippen LogP contribution in [0.5, 0.6) is 0 Å². The van der Waals surface area contributed by atoms with Crippen LogP contribution in [0.15, 0.2) is 42.5 Å². The van der Waals surface area contributed by atoms with Crippen molar-refractivity contribution in [1.82, 2.24) is 4.90 Å². The lowest BCUT2D eigenvalue weighted by Gasteiger charge is -2.14. The van der Waals surface area contributed by atoms with Crippen molar-refractivity contribution >= 4 is 0 Å². The summed E-state index contributed by atoms with van der Waals surface area (Å²) >= 11 is 0. The molecule has 1 atom stereocenters. The maximum Gasteiger partial charge on any atom is 0.123 e. The van der Waals surface area contributed by atoms with E-state index in [0.717, 1.165) is 41.8 Å². The molecule has 3 rings (SSSR count). The molecule has 1 aliphatic rings. The number of likely N-dealkylation sites (N-methyl/N-ethyl adjacent to an activating group) is 1. The Morgan fingerprint density at radius 2 is 1.86 bits per heavy atom. The van der Waals surface area contributed by atoms with Crippen LogP contribution in [0.1, 0.15) is 23.5 Å². The topological polar surface area (TPSA) is 27.0 Å². The van der Waals surface area contributed by atoms with Crippen molar-refractivity contribution in [2.45, 2.75) is 12.3 Å². The summed E-state index contributed by atoms with van der Waals surface area (Å²) in [6, 6.07) is 14.7. The van der Waals surface area contributed by atoms with Gasteiger partial charge in [-0.1, -0.05) is 18.2 Å². The Labute approximate surface area is 124 Å².